The maximum atomic E-state index is 10.3. The number of hydrogen-bond acceptors (Lipinski definition) is 2. The van der Waals surface area contributed by atoms with Crippen LogP contribution >= 0.6 is 0 Å². The highest BCUT2D eigenvalue weighted by molar-refractivity contribution is 5.66. The van der Waals surface area contributed by atoms with Crippen LogP contribution in [0.25, 0.3) is 0 Å². The second-order valence-electron chi connectivity index (χ2n) is 4.83. The average molecular weight is 197 g/mol. The molecule has 0 saturated heterocycles. The SMILES string of the molecule is O=C(O)CCNCC12CCCCC1C2. The molecular formula is C11H19NO2. The third kappa shape index (κ3) is 2.08. The van der Waals surface area contributed by atoms with Crippen molar-refractivity contribution in [2.75, 3.05) is 13.1 Å². The van der Waals surface area contributed by atoms with Gasteiger partial charge in [-0.15, -0.1) is 0 Å². The first-order valence-corrected chi connectivity index (χ1v) is 5.65. The number of fused-ring (bicyclic) bond motifs is 1. The minimum atomic E-state index is -0.703. The molecule has 14 heavy (non-hydrogen) atoms. The maximum Gasteiger partial charge on any atom is 0.304 e. The van der Waals surface area contributed by atoms with Crippen molar-refractivity contribution in [2.45, 2.75) is 38.5 Å². The molecule has 2 N–H and O–H groups in total. The molecule has 2 rings (SSSR count). The zero-order valence-corrected chi connectivity index (χ0v) is 8.59. The Bertz CT molecular complexity index is 229. The van der Waals surface area contributed by atoms with Crippen molar-refractivity contribution in [3.63, 3.8) is 0 Å². The van der Waals surface area contributed by atoms with Crippen molar-refractivity contribution in [3.8, 4) is 0 Å². The van der Waals surface area contributed by atoms with Crippen molar-refractivity contribution < 1.29 is 9.90 Å². The minimum absolute atomic E-state index is 0.251. The van der Waals surface area contributed by atoms with Gasteiger partial charge in [0.15, 0.2) is 0 Å². The molecule has 0 amide bonds. The minimum Gasteiger partial charge on any atom is -0.481 e. The molecule has 0 aromatic carbocycles. The Morgan fingerprint density at radius 1 is 1.50 bits per heavy atom. The van der Waals surface area contributed by atoms with Crippen LogP contribution in [0, 0.1) is 11.3 Å². The molecule has 0 aromatic heterocycles. The molecule has 2 fully saturated rings. The number of rotatable bonds is 5. The van der Waals surface area contributed by atoms with E-state index in [4.69, 9.17) is 5.11 Å². The van der Waals surface area contributed by atoms with Gasteiger partial charge in [-0.1, -0.05) is 12.8 Å². The summed E-state index contributed by atoms with van der Waals surface area (Å²) in [5, 5.41) is 11.8. The average Bonchev–Trinajstić information content (AvgIpc) is 2.87. The molecule has 2 atom stereocenters. The summed E-state index contributed by atoms with van der Waals surface area (Å²) in [5.41, 5.74) is 0.580. The fourth-order valence-corrected chi connectivity index (χ4v) is 2.85. The summed E-state index contributed by atoms with van der Waals surface area (Å²) in [6.07, 6.45) is 7.17. The van der Waals surface area contributed by atoms with E-state index in [-0.39, 0.29) is 6.42 Å². The summed E-state index contributed by atoms with van der Waals surface area (Å²) in [6, 6.07) is 0. The summed E-state index contributed by atoms with van der Waals surface area (Å²) in [6.45, 7) is 1.68. The number of carboxylic acids is 1. The van der Waals surface area contributed by atoms with Gasteiger partial charge >= 0.3 is 5.97 Å². The van der Waals surface area contributed by atoms with Crippen molar-refractivity contribution in [1.29, 1.82) is 0 Å². The third-order valence-electron chi connectivity index (χ3n) is 3.83. The summed E-state index contributed by atoms with van der Waals surface area (Å²) in [7, 11) is 0. The predicted octanol–water partition coefficient (Wildman–Crippen LogP) is 1.63. The first-order valence-electron chi connectivity index (χ1n) is 5.65. The van der Waals surface area contributed by atoms with Gasteiger partial charge in [-0.2, -0.15) is 0 Å². The van der Waals surface area contributed by atoms with E-state index in [0.717, 1.165) is 12.5 Å². The third-order valence-corrected chi connectivity index (χ3v) is 3.83. The molecule has 0 bridgehead atoms. The zero-order valence-electron chi connectivity index (χ0n) is 8.59. The highest BCUT2D eigenvalue weighted by Crippen LogP contribution is 2.60. The fourth-order valence-electron chi connectivity index (χ4n) is 2.85. The lowest BCUT2D eigenvalue weighted by Gasteiger charge is -2.22. The van der Waals surface area contributed by atoms with Crippen LogP contribution in [0.2, 0.25) is 0 Å². The van der Waals surface area contributed by atoms with Gasteiger partial charge in [-0.25, -0.2) is 0 Å². The Balaban J connectivity index is 1.64. The largest absolute Gasteiger partial charge is 0.481 e. The molecule has 3 nitrogen and oxygen atoms in total. The maximum absolute atomic E-state index is 10.3. The molecule has 0 heterocycles. The Labute approximate surface area is 84.9 Å². The molecule has 2 aliphatic carbocycles. The van der Waals surface area contributed by atoms with Crippen LogP contribution in [0.3, 0.4) is 0 Å². The van der Waals surface area contributed by atoms with Gasteiger partial charge in [0.05, 0.1) is 6.42 Å². The van der Waals surface area contributed by atoms with Crippen LogP contribution < -0.4 is 5.32 Å². The zero-order chi connectivity index (χ0) is 10.0. The molecule has 2 unspecified atom stereocenters. The van der Waals surface area contributed by atoms with E-state index < -0.39 is 5.97 Å². The number of carboxylic acid groups (broad SMARTS) is 1. The standard InChI is InChI=1S/C11H19NO2/c13-10(14)4-6-12-8-11-5-2-1-3-9(11)7-11/h9,12H,1-8H2,(H,13,14). The number of aliphatic carboxylic acids is 1. The lowest BCUT2D eigenvalue weighted by atomic mass is 9.88. The van der Waals surface area contributed by atoms with Gasteiger partial charge in [0.2, 0.25) is 0 Å². The number of carbonyl (C=O) groups is 1. The van der Waals surface area contributed by atoms with E-state index in [0.29, 0.717) is 12.0 Å². The second kappa shape index (κ2) is 3.89. The highest BCUT2D eigenvalue weighted by atomic mass is 16.4. The van der Waals surface area contributed by atoms with Crippen LogP contribution in [-0.2, 0) is 4.79 Å². The molecule has 0 spiro atoms. The van der Waals surface area contributed by atoms with Crippen LogP contribution in [-0.4, -0.2) is 24.2 Å². The van der Waals surface area contributed by atoms with E-state index in [2.05, 4.69) is 5.32 Å². The summed E-state index contributed by atoms with van der Waals surface area (Å²) >= 11 is 0. The first kappa shape index (κ1) is 9.97. The predicted molar refractivity (Wildman–Crippen MR) is 54.1 cm³/mol. The van der Waals surface area contributed by atoms with Crippen LogP contribution in [0.5, 0.6) is 0 Å². The Hall–Kier alpha value is -0.570. The summed E-state index contributed by atoms with van der Waals surface area (Å²) in [4.78, 5) is 10.3. The normalized spacial score (nSPS) is 35.0. The molecule has 0 radical (unpaired) electrons. The number of hydrogen-bond donors (Lipinski definition) is 2. The summed E-state index contributed by atoms with van der Waals surface area (Å²) < 4.78 is 0. The van der Waals surface area contributed by atoms with Crippen molar-refractivity contribution >= 4 is 5.97 Å². The van der Waals surface area contributed by atoms with Gasteiger partial charge < -0.3 is 10.4 Å². The number of nitrogens with one attached hydrogen (secondary N) is 1. The molecule has 2 aliphatic rings. The Morgan fingerprint density at radius 3 is 3.07 bits per heavy atom. The van der Waals surface area contributed by atoms with Crippen molar-refractivity contribution in [3.05, 3.63) is 0 Å². The van der Waals surface area contributed by atoms with Crippen molar-refractivity contribution in [1.82, 2.24) is 5.32 Å². The van der Waals surface area contributed by atoms with Gasteiger partial charge in [0, 0.05) is 13.1 Å². The summed E-state index contributed by atoms with van der Waals surface area (Å²) in [5.74, 6) is 0.250. The smallest absolute Gasteiger partial charge is 0.304 e. The lowest BCUT2D eigenvalue weighted by Crippen LogP contribution is -2.28. The van der Waals surface area contributed by atoms with E-state index in [9.17, 15) is 4.79 Å². The highest BCUT2D eigenvalue weighted by Gasteiger charge is 2.53. The fraction of sp³-hybridized carbons (Fsp3) is 0.909. The van der Waals surface area contributed by atoms with Crippen LogP contribution in [0.15, 0.2) is 0 Å². The van der Waals surface area contributed by atoms with E-state index >= 15 is 0 Å². The lowest BCUT2D eigenvalue weighted by molar-refractivity contribution is -0.136. The quantitative estimate of drug-likeness (QED) is 0.659. The van der Waals surface area contributed by atoms with Gasteiger partial charge in [-0.05, 0) is 30.6 Å². The monoisotopic (exact) mass is 197 g/mol. The second-order valence-corrected chi connectivity index (χ2v) is 4.83. The molecular weight excluding hydrogens is 178 g/mol. The van der Waals surface area contributed by atoms with Crippen LogP contribution in [0.1, 0.15) is 38.5 Å². The molecule has 80 valence electrons. The Morgan fingerprint density at radius 2 is 2.36 bits per heavy atom. The van der Waals surface area contributed by atoms with E-state index in [1.165, 1.54) is 32.1 Å². The first-order chi connectivity index (χ1) is 6.73. The van der Waals surface area contributed by atoms with Crippen LogP contribution in [0.4, 0.5) is 0 Å². The Kier molecular flexibility index (Phi) is 2.77. The van der Waals surface area contributed by atoms with Gasteiger partial charge in [0.1, 0.15) is 0 Å². The van der Waals surface area contributed by atoms with Gasteiger partial charge in [-0.3, -0.25) is 4.79 Å². The molecule has 3 heteroatoms. The van der Waals surface area contributed by atoms with E-state index in [1.807, 2.05) is 0 Å². The molecule has 0 aliphatic heterocycles. The topological polar surface area (TPSA) is 49.3 Å². The van der Waals surface area contributed by atoms with E-state index in [1.54, 1.807) is 0 Å². The van der Waals surface area contributed by atoms with Gasteiger partial charge in [0.25, 0.3) is 0 Å². The molecule has 0 aromatic rings. The molecule has 2 saturated carbocycles. The van der Waals surface area contributed by atoms with Crippen molar-refractivity contribution in [2.24, 2.45) is 11.3 Å².